The molecule has 62 heavy (non-hydrogen) atoms. The van der Waals surface area contributed by atoms with Crippen molar-refractivity contribution in [3.63, 3.8) is 0 Å². The maximum Gasteiger partial charge on any atom is 0.149 e. The second-order valence-electron chi connectivity index (χ2n) is 17.2. The van der Waals surface area contributed by atoms with Gasteiger partial charge in [-0.1, -0.05) is 151 Å². The van der Waals surface area contributed by atoms with Crippen molar-refractivity contribution in [2.75, 3.05) is 0 Å². The second kappa shape index (κ2) is 15.8. The Kier molecular flexibility index (Phi) is 7.86. The van der Waals surface area contributed by atoms with Gasteiger partial charge in [0.25, 0.3) is 0 Å². The number of rotatable bonds is 7. The van der Waals surface area contributed by atoms with Crippen LogP contribution in [0.3, 0.4) is 0 Å². The minimum absolute atomic E-state index is 0.159. The maximum absolute atomic E-state index is 11.8. The van der Waals surface area contributed by atoms with Crippen molar-refractivity contribution in [2.24, 2.45) is 0 Å². The van der Waals surface area contributed by atoms with E-state index >= 15 is 0 Å². The van der Waals surface area contributed by atoms with E-state index in [9.17, 15) is 5.11 Å². The molecule has 4 nitrogen and oxygen atoms in total. The summed E-state index contributed by atoms with van der Waals surface area (Å²) in [7, 11) is 0. The molecule has 0 spiro atoms. The van der Waals surface area contributed by atoms with Gasteiger partial charge in [0, 0.05) is 29.7 Å². The third-order valence-electron chi connectivity index (χ3n) is 11.6. The first-order valence-corrected chi connectivity index (χ1v) is 20.8. The van der Waals surface area contributed by atoms with Crippen LogP contribution in [0, 0.1) is 13.8 Å². The molecule has 0 amide bonds. The van der Waals surface area contributed by atoms with Gasteiger partial charge >= 0.3 is 0 Å². The highest BCUT2D eigenvalue weighted by Gasteiger charge is 2.26. The zero-order valence-corrected chi connectivity index (χ0v) is 35.5. The van der Waals surface area contributed by atoms with Crippen LogP contribution in [-0.2, 0) is 10.8 Å². The van der Waals surface area contributed by atoms with Crippen LogP contribution in [0.1, 0.15) is 75.9 Å². The van der Waals surface area contributed by atoms with Crippen molar-refractivity contribution in [2.45, 2.75) is 66.0 Å². The van der Waals surface area contributed by atoms with Crippen molar-refractivity contribution in [3.05, 3.63) is 192 Å². The van der Waals surface area contributed by atoms with Gasteiger partial charge in [-0.05, 0) is 140 Å². The highest BCUT2D eigenvalue weighted by atomic mass is 16.3. The van der Waals surface area contributed by atoms with E-state index in [1.807, 2.05) is 74.5 Å². The van der Waals surface area contributed by atoms with Gasteiger partial charge in [-0.15, -0.1) is 0 Å². The number of phenols is 1. The number of imidazole rings is 1. The average molecular weight is 817 g/mol. The van der Waals surface area contributed by atoms with Gasteiger partial charge in [0.1, 0.15) is 11.6 Å². The molecule has 0 saturated carbocycles. The van der Waals surface area contributed by atoms with E-state index in [4.69, 9.17) is 22.3 Å². The fourth-order valence-corrected chi connectivity index (χ4v) is 8.44. The Labute approximate surface area is 378 Å². The van der Waals surface area contributed by atoms with Crippen LogP contribution in [0.4, 0.5) is 0 Å². The number of hydrogen-bond donors (Lipinski definition) is 1. The molecule has 0 unspecified atom stereocenters. The molecule has 0 bridgehead atoms. The highest BCUT2D eigenvalue weighted by molar-refractivity contribution is 5.98. The smallest absolute Gasteiger partial charge is 0.149 e. The Hall–Kier alpha value is -7.04. The zero-order chi connectivity index (χ0) is 50.8. The molecule has 0 radical (unpaired) electrons. The molecule has 0 aliphatic carbocycles. The highest BCUT2D eigenvalue weighted by Crippen LogP contribution is 2.43. The Morgan fingerprint density at radius 2 is 1.16 bits per heavy atom. The summed E-state index contributed by atoms with van der Waals surface area (Å²) in [5.41, 5.74) is 10.8. The van der Waals surface area contributed by atoms with Gasteiger partial charge in [-0.2, -0.15) is 0 Å². The molecule has 1 N–H and O–H groups in total. The number of aryl methyl sites for hydroxylation is 2. The van der Waals surface area contributed by atoms with Crippen LogP contribution in [0.2, 0.25) is 0 Å². The number of para-hydroxylation sites is 1. The standard InChI is InChI=1S/C58H53N3O/c1-37-30-38(2)55(62)49(31-37)56-60-54-48(20-15-21-53(54)61(56)52-27-24-42(35-50(52)58(6,7)8)39-16-11-9-12-17-39)45-32-44(40-18-13-10-14-19-40)33-46(34-45)51-36-43(28-29-59-51)41-22-25-47(26-23-41)57(3,4)5/h9-36,62H,1-8H3/i3D3,4D3,5D3. The third-order valence-corrected chi connectivity index (χ3v) is 11.6. The Morgan fingerprint density at radius 3 is 1.85 bits per heavy atom. The van der Waals surface area contributed by atoms with Gasteiger partial charge in [-0.3, -0.25) is 9.55 Å². The molecule has 2 heterocycles. The summed E-state index contributed by atoms with van der Waals surface area (Å²) in [6, 6.07) is 52.8. The van der Waals surface area contributed by atoms with Crippen molar-refractivity contribution in [3.8, 4) is 78.6 Å². The molecule has 0 atom stereocenters. The Bertz CT molecular complexity index is 3400. The van der Waals surface area contributed by atoms with Crippen molar-refractivity contribution >= 4 is 11.0 Å². The fourth-order valence-electron chi connectivity index (χ4n) is 8.44. The molecule has 0 fully saturated rings. The molecule has 0 saturated heterocycles. The first-order chi connectivity index (χ1) is 33.5. The van der Waals surface area contributed by atoms with E-state index in [1.165, 1.54) is 12.1 Å². The molecule has 2 aromatic heterocycles. The number of fused-ring (bicyclic) bond motifs is 1. The van der Waals surface area contributed by atoms with Crippen molar-refractivity contribution in [1.82, 2.24) is 14.5 Å². The van der Waals surface area contributed by atoms with E-state index in [2.05, 4.69) is 98.1 Å². The van der Waals surface area contributed by atoms with Gasteiger partial charge in [0.2, 0.25) is 0 Å². The summed E-state index contributed by atoms with van der Waals surface area (Å²) in [6.07, 6.45) is 1.67. The van der Waals surface area contributed by atoms with Crippen LogP contribution in [0.15, 0.2) is 170 Å². The van der Waals surface area contributed by atoms with Crippen LogP contribution in [0.25, 0.3) is 83.9 Å². The van der Waals surface area contributed by atoms with E-state index in [0.717, 1.165) is 72.4 Å². The number of pyridine rings is 1. The van der Waals surface area contributed by atoms with E-state index in [1.54, 1.807) is 24.4 Å². The summed E-state index contributed by atoms with van der Waals surface area (Å²) in [5.74, 6) is 0.760. The van der Waals surface area contributed by atoms with Crippen LogP contribution < -0.4 is 0 Å². The number of phenolic OH excluding ortho intramolecular Hbond substituents is 1. The predicted molar refractivity (Wildman–Crippen MR) is 260 cm³/mol. The molecule has 4 heteroatoms. The van der Waals surface area contributed by atoms with Gasteiger partial charge < -0.3 is 5.11 Å². The maximum atomic E-state index is 11.8. The number of nitrogens with zero attached hydrogens (tertiary/aromatic N) is 3. The summed E-state index contributed by atoms with van der Waals surface area (Å²) >= 11 is 0. The fraction of sp³-hybridized carbons (Fsp3) is 0.172. The topological polar surface area (TPSA) is 50.9 Å². The van der Waals surface area contributed by atoms with Crippen molar-refractivity contribution < 1.29 is 17.4 Å². The largest absolute Gasteiger partial charge is 0.507 e. The van der Waals surface area contributed by atoms with Crippen molar-refractivity contribution in [1.29, 1.82) is 0 Å². The van der Waals surface area contributed by atoms with E-state index < -0.39 is 26.0 Å². The molecule has 9 aromatic rings. The molecule has 306 valence electrons. The first-order valence-electron chi connectivity index (χ1n) is 25.3. The van der Waals surface area contributed by atoms with E-state index in [-0.39, 0.29) is 16.7 Å². The zero-order valence-electron chi connectivity index (χ0n) is 44.5. The van der Waals surface area contributed by atoms with Gasteiger partial charge in [0.05, 0.1) is 28.0 Å². The van der Waals surface area contributed by atoms with E-state index in [0.29, 0.717) is 28.2 Å². The molecule has 0 aliphatic heterocycles. The molecule has 0 aliphatic rings. The number of benzene rings is 7. The van der Waals surface area contributed by atoms with Gasteiger partial charge in [-0.25, -0.2) is 4.98 Å². The third kappa shape index (κ3) is 7.74. The summed E-state index contributed by atoms with van der Waals surface area (Å²) in [5, 5.41) is 11.8. The number of aromatic nitrogens is 3. The minimum atomic E-state index is -3.37. The molecule has 7 aromatic carbocycles. The lowest BCUT2D eigenvalue weighted by atomic mass is 9.83. The minimum Gasteiger partial charge on any atom is -0.507 e. The Balaban J connectivity index is 1.24. The number of aromatic hydroxyl groups is 1. The monoisotopic (exact) mass is 816 g/mol. The van der Waals surface area contributed by atoms with Gasteiger partial charge in [0.15, 0.2) is 0 Å². The quantitative estimate of drug-likeness (QED) is 0.174. The predicted octanol–water partition coefficient (Wildman–Crippen LogP) is 15.3. The number of hydrogen-bond acceptors (Lipinski definition) is 3. The summed E-state index contributed by atoms with van der Waals surface area (Å²) in [6.45, 7) is 0.435. The summed E-state index contributed by atoms with van der Waals surface area (Å²) in [4.78, 5) is 10.3. The molecule has 9 rings (SSSR count). The van der Waals surface area contributed by atoms with Crippen LogP contribution >= 0.6 is 0 Å². The lowest BCUT2D eigenvalue weighted by Gasteiger charge is -2.26. The first kappa shape index (κ1) is 30.9. The SMILES string of the molecule is [2H]C([2H])([2H])C(c1ccc(-c2ccnc(-c3cc(-c4ccccc4)cc(-c4cccc5c4nc(-c4cc(C)cc(C)c4O)n5-c4ccc(-c5ccccc5)cc4C(C)(C)C)c3)c2)cc1)(C([2H])([2H])[2H])C([2H])([2H])[2H]. The Morgan fingerprint density at radius 1 is 0.532 bits per heavy atom. The lowest BCUT2D eigenvalue weighted by molar-refractivity contribution is 0.472. The average Bonchev–Trinajstić information content (AvgIpc) is 3.71. The van der Waals surface area contributed by atoms with Crippen LogP contribution in [0.5, 0.6) is 5.75 Å². The molecular formula is C58H53N3O. The van der Waals surface area contributed by atoms with Crippen LogP contribution in [-0.4, -0.2) is 19.6 Å². The second-order valence-corrected chi connectivity index (χ2v) is 17.2. The molecular weight excluding hydrogens is 755 g/mol. The summed E-state index contributed by atoms with van der Waals surface area (Å²) < 4.78 is 76.0. The normalized spacial score (nSPS) is 14.7. The lowest BCUT2D eigenvalue weighted by Crippen LogP contribution is -2.16.